The second-order valence-corrected chi connectivity index (χ2v) is 6.77. The van der Waals surface area contributed by atoms with Crippen molar-refractivity contribution < 1.29 is 18.7 Å². The van der Waals surface area contributed by atoms with Crippen molar-refractivity contribution in [2.75, 3.05) is 19.5 Å². The molecule has 1 N–H and O–H groups in total. The van der Waals surface area contributed by atoms with Crippen LogP contribution >= 0.6 is 11.3 Å². The van der Waals surface area contributed by atoms with Crippen molar-refractivity contribution in [3.63, 3.8) is 0 Å². The third kappa shape index (κ3) is 4.78. The maximum absolute atomic E-state index is 12.5. The summed E-state index contributed by atoms with van der Waals surface area (Å²) in [5.74, 6) is 0.209. The number of hydrogen-bond acceptors (Lipinski definition) is 7. The number of ether oxygens (including phenoxy) is 1. The van der Waals surface area contributed by atoms with E-state index in [4.69, 9.17) is 9.15 Å². The normalized spacial score (nSPS) is 10.6. The van der Waals surface area contributed by atoms with Crippen LogP contribution in [0.1, 0.15) is 30.9 Å². The van der Waals surface area contributed by atoms with Gasteiger partial charge in [-0.2, -0.15) is 0 Å². The maximum atomic E-state index is 12.5. The molecule has 27 heavy (non-hydrogen) atoms. The predicted molar refractivity (Wildman–Crippen MR) is 99.5 cm³/mol. The highest BCUT2D eigenvalue weighted by Crippen LogP contribution is 2.16. The van der Waals surface area contributed by atoms with Crippen molar-refractivity contribution in [2.45, 2.75) is 13.2 Å². The van der Waals surface area contributed by atoms with E-state index in [2.05, 4.69) is 15.5 Å². The summed E-state index contributed by atoms with van der Waals surface area (Å²) in [4.78, 5) is 26.2. The van der Waals surface area contributed by atoms with E-state index < -0.39 is 0 Å². The Bertz CT molecular complexity index is 906. The van der Waals surface area contributed by atoms with Crippen LogP contribution in [0.2, 0.25) is 0 Å². The lowest BCUT2D eigenvalue weighted by Crippen LogP contribution is -2.26. The van der Waals surface area contributed by atoms with Crippen molar-refractivity contribution in [3.8, 4) is 0 Å². The summed E-state index contributed by atoms with van der Waals surface area (Å²) in [7, 11) is 3.25. The quantitative estimate of drug-likeness (QED) is 0.671. The maximum Gasteiger partial charge on any atom is 0.286 e. The summed E-state index contributed by atoms with van der Waals surface area (Å²) in [6.45, 7) is 0.693. The predicted octanol–water partition coefficient (Wildman–Crippen LogP) is 2.80. The molecular formula is C18H18N4O4S. The molecule has 0 bridgehead atoms. The Morgan fingerprint density at radius 2 is 2.00 bits per heavy atom. The van der Waals surface area contributed by atoms with Crippen LogP contribution in [-0.2, 0) is 17.9 Å². The lowest BCUT2D eigenvalue weighted by atomic mass is 10.2. The number of nitrogens with zero attached hydrogens (tertiary/aromatic N) is 3. The molecule has 1 aromatic carbocycles. The van der Waals surface area contributed by atoms with Gasteiger partial charge in [-0.15, -0.1) is 10.2 Å². The number of benzene rings is 1. The van der Waals surface area contributed by atoms with E-state index in [1.54, 1.807) is 55.7 Å². The minimum atomic E-state index is -0.358. The standard InChI is InChI=1S/C18H18N4O4S/c1-22(10-14-4-3-9-26-14)18(24)12-5-7-13(8-6-12)19-16(23)17-21-20-15(27-17)11-25-2/h3-9H,10-11H2,1-2H3,(H,19,23). The number of carbonyl (C=O) groups excluding carboxylic acids is 2. The van der Waals surface area contributed by atoms with Crippen molar-refractivity contribution in [1.82, 2.24) is 15.1 Å². The van der Waals surface area contributed by atoms with Crippen molar-refractivity contribution in [2.24, 2.45) is 0 Å². The molecule has 2 aromatic heterocycles. The van der Waals surface area contributed by atoms with Crippen molar-refractivity contribution in [3.05, 3.63) is 64.0 Å². The number of carbonyl (C=O) groups is 2. The monoisotopic (exact) mass is 386 g/mol. The summed E-state index contributed by atoms with van der Waals surface area (Å²) in [5, 5.41) is 11.3. The molecule has 8 nitrogen and oxygen atoms in total. The fourth-order valence-electron chi connectivity index (χ4n) is 2.34. The number of amides is 2. The molecule has 2 amide bonds. The van der Waals surface area contributed by atoms with Gasteiger partial charge in [0.05, 0.1) is 19.4 Å². The second kappa shape index (κ2) is 8.56. The zero-order valence-electron chi connectivity index (χ0n) is 14.8. The fraction of sp³-hybridized carbons (Fsp3) is 0.222. The van der Waals surface area contributed by atoms with Gasteiger partial charge in [-0.25, -0.2) is 0 Å². The molecule has 2 heterocycles. The molecular weight excluding hydrogens is 368 g/mol. The van der Waals surface area contributed by atoms with Crippen LogP contribution in [0.4, 0.5) is 5.69 Å². The number of anilines is 1. The molecule has 0 atom stereocenters. The third-order valence-electron chi connectivity index (χ3n) is 3.64. The molecule has 0 saturated heterocycles. The molecule has 0 aliphatic rings. The van der Waals surface area contributed by atoms with Crippen LogP contribution in [0, 0.1) is 0 Å². The molecule has 0 unspecified atom stereocenters. The number of hydrogen-bond donors (Lipinski definition) is 1. The Kier molecular flexibility index (Phi) is 5.94. The Morgan fingerprint density at radius 3 is 2.67 bits per heavy atom. The van der Waals surface area contributed by atoms with Gasteiger partial charge in [0.25, 0.3) is 11.8 Å². The van der Waals surface area contributed by atoms with E-state index in [1.165, 1.54) is 11.3 Å². The topological polar surface area (TPSA) is 97.6 Å². The summed E-state index contributed by atoms with van der Waals surface area (Å²) in [6.07, 6.45) is 1.57. The van der Waals surface area contributed by atoms with Crippen LogP contribution in [0.5, 0.6) is 0 Å². The number of furan rings is 1. The zero-order chi connectivity index (χ0) is 19.2. The highest BCUT2D eigenvalue weighted by molar-refractivity contribution is 7.13. The van der Waals surface area contributed by atoms with E-state index in [-0.39, 0.29) is 16.8 Å². The van der Waals surface area contributed by atoms with Gasteiger partial charge >= 0.3 is 0 Å². The Labute approximate surface area is 159 Å². The number of methoxy groups -OCH3 is 1. The Hall–Kier alpha value is -3.04. The van der Waals surface area contributed by atoms with Crippen LogP contribution in [0.3, 0.4) is 0 Å². The smallest absolute Gasteiger partial charge is 0.286 e. The molecule has 0 aliphatic heterocycles. The summed E-state index contributed by atoms with van der Waals surface area (Å²) >= 11 is 1.17. The Balaban J connectivity index is 1.60. The first-order valence-electron chi connectivity index (χ1n) is 8.07. The van der Waals surface area contributed by atoms with Gasteiger partial charge in [-0.1, -0.05) is 11.3 Å². The third-order valence-corrected chi connectivity index (χ3v) is 4.53. The first-order valence-corrected chi connectivity index (χ1v) is 8.89. The summed E-state index contributed by atoms with van der Waals surface area (Å²) in [5.41, 5.74) is 1.08. The van der Waals surface area contributed by atoms with Gasteiger partial charge in [0.15, 0.2) is 0 Å². The van der Waals surface area contributed by atoms with E-state index in [0.29, 0.717) is 35.2 Å². The molecule has 3 aromatic rings. The SMILES string of the molecule is COCc1nnc(C(=O)Nc2ccc(C(=O)N(C)Cc3ccco3)cc2)s1. The average Bonchev–Trinajstić information content (AvgIpc) is 3.34. The largest absolute Gasteiger partial charge is 0.467 e. The van der Waals surface area contributed by atoms with Gasteiger partial charge in [0.1, 0.15) is 10.8 Å². The van der Waals surface area contributed by atoms with Crippen LogP contribution in [0.15, 0.2) is 47.1 Å². The molecule has 0 fully saturated rings. The fourth-order valence-corrected chi connectivity index (χ4v) is 3.04. The molecule has 140 valence electrons. The minimum absolute atomic E-state index is 0.141. The van der Waals surface area contributed by atoms with E-state index in [0.717, 1.165) is 0 Å². The highest BCUT2D eigenvalue weighted by Gasteiger charge is 2.15. The first-order chi connectivity index (χ1) is 13.1. The molecule has 0 saturated carbocycles. The molecule has 0 spiro atoms. The van der Waals surface area contributed by atoms with Crippen molar-refractivity contribution >= 4 is 28.8 Å². The summed E-state index contributed by atoms with van der Waals surface area (Å²) in [6, 6.07) is 10.3. The lowest BCUT2D eigenvalue weighted by Gasteiger charge is -2.16. The van der Waals surface area contributed by atoms with Crippen LogP contribution in [-0.4, -0.2) is 41.1 Å². The van der Waals surface area contributed by atoms with Gasteiger partial charge < -0.3 is 19.4 Å². The van der Waals surface area contributed by atoms with Crippen LogP contribution in [0.25, 0.3) is 0 Å². The van der Waals surface area contributed by atoms with Gasteiger partial charge in [0, 0.05) is 25.4 Å². The first kappa shape index (κ1) is 18.7. The number of aromatic nitrogens is 2. The van der Waals surface area contributed by atoms with E-state index in [9.17, 15) is 9.59 Å². The van der Waals surface area contributed by atoms with Crippen LogP contribution < -0.4 is 5.32 Å². The molecule has 3 rings (SSSR count). The van der Waals surface area contributed by atoms with Gasteiger partial charge in [-0.3, -0.25) is 9.59 Å². The molecule has 9 heteroatoms. The molecule has 0 aliphatic carbocycles. The van der Waals surface area contributed by atoms with Gasteiger partial charge in [0.2, 0.25) is 5.01 Å². The number of rotatable bonds is 7. The minimum Gasteiger partial charge on any atom is -0.467 e. The number of nitrogens with one attached hydrogen (secondary N) is 1. The van der Waals surface area contributed by atoms with E-state index >= 15 is 0 Å². The molecule has 0 radical (unpaired) electrons. The second-order valence-electron chi connectivity index (χ2n) is 5.71. The lowest BCUT2D eigenvalue weighted by molar-refractivity contribution is 0.0775. The highest BCUT2D eigenvalue weighted by atomic mass is 32.1. The Morgan fingerprint density at radius 1 is 1.22 bits per heavy atom. The van der Waals surface area contributed by atoms with E-state index in [1.807, 2.05) is 6.07 Å². The van der Waals surface area contributed by atoms with Gasteiger partial charge in [-0.05, 0) is 36.4 Å². The average molecular weight is 386 g/mol. The summed E-state index contributed by atoms with van der Waals surface area (Å²) < 4.78 is 10.2. The zero-order valence-corrected chi connectivity index (χ0v) is 15.7. The van der Waals surface area contributed by atoms with Crippen molar-refractivity contribution in [1.29, 1.82) is 0 Å².